The number of amides is 6. The Labute approximate surface area is 894 Å². The minimum absolute atomic E-state index is 0.0650. The third-order valence-electron chi connectivity index (χ3n) is 24.3. The number of carbonyl (C=O) groups excluding carboxylic acids is 6. The molecule has 7 saturated carbocycles. The Kier molecular flexibility index (Phi) is 36.1. The van der Waals surface area contributed by atoms with Crippen molar-refractivity contribution in [2.45, 2.75) is 190 Å². The minimum Gasteiger partial charge on any atom is -0.457 e. The molecule has 6 amide bonds. The van der Waals surface area contributed by atoms with Crippen LogP contribution in [0, 0.1) is 25.3 Å². The predicted octanol–water partition coefficient (Wildman–Crippen LogP) is 23.1. The van der Waals surface area contributed by atoms with Crippen LogP contribution in [0.25, 0.3) is 21.3 Å². The molecular formula is C103H92Cl3F5N24O7S7. The van der Waals surface area contributed by atoms with Gasteiger partial charge in [0.2, 0.25) is 5.95 Å². The predicted molar refractivity (Wildman–Crippen MR) is 562 cm³/mol. The van der Waals surface area contributed by atoms with Crippen LogP contribution in [-0.2, 0) is 52.0 Å². The largest absolute Gasteiger partial charge is 0.457 e. The molecule has 0 radical (unpaired) electrons. The molecule has 16 aromatic rings. The van der Waals surface area contributed by atoms with Gasteiger partial charge in [0, 0.05) is 112 Å². The lowest BCUT2D eigenvalue weighted by molar-refractivity contribution is -0.138. The van der Waals surface area contributed by atoms with Crippen LogP contribution in [0.3, 0.4) is 0 Å². The molecule has 23 rings (SSSR count). The molecule has 0 unspecified atom stereocenters. The van der Waals surface area contributed by atoms with Crippen LogP contribution in [0.2, 0.25) is 15.1 Å². The second-order valence-electron chi connectivity index (χ2n) is 35.5. The molecule has 7 aliphatic rings. The number of halogens is 8. The average molecular weight is 2200 g/mol. The first-order chi connectivity index (χ1) is 72.4. The van der Waals surface area contributed by atoms with Gasteiger partial charge in [-0.2, -0.15) is 17.6 Å². The first-order valence-corrected chi connectivity index (χ1v) is 54.0. The number of nitrogens with zero attached hydrogens (tertiary/aromatic N) is 17. The van der Waals surface area contributed by atoms with Crippen molar-refractivity contribution in [2.75, 3.05) is 0 Å². The zero-order chi connectivity index (χ0) is 104. The third-order valence-corrected chi connectivity index (χ3v) is 30.6. The summed E-state index contributed by atoms with van der Waals surface area (Å²) < 4.78 is 98.5. The molecular weight excluding hydrogens is 2110 g/mol. The van der Waals surface area contributed by atoms with E-state index in [1.165, 1.54) is 64.3 Å². The van der Waals surface area contributed by atoms with E-state index in [1.807, 2.05) is 104 Å². The zero-order valence-electron chi connectivity index (χ0n) is 79.3. The van der Waals surface area contributed by atoms with Gasteiger partial charge in [-0.15, -0.1) is 35.7 Å². The summed E-state index contributed by atoms with van der Waals surface area (Å²) in [6.07, 6.45) is 12.2. The van der Waals surface area contributed by atoms with Gasteiger partial charge in [-0.1, -0.05) is 182 Å². The molecule has 7 fully saturated rings. The normalized spacial score (nSPS) is 14.1. The van der Waals surface area contributed by atoms with Crippen LogP contribution in [0.4, 0.5) is 27.6 Å². The first-order valence-electron chi connectivity index (χ1n) is 47.5. The maximum Gasteiger partial charge on any atom is 0.416 e. The second kappa shape index (κ2) is 50.5. The highest BCUT2D eigenvalue weighted by Crippen LogP contribution is 2.48. The van der Waals surface area contributed by atoms with Crippen molar-refractivity contribution in [3.05, 3.63) is 357 Å². The number of rotatable bonds is 31. The van der Waals surface area contributed by atoms with Crippen molar-refractivity contribution in [3.8, 4) is 11.5 Å². The Morgan fingerprint density at radius 2 is 0.745 bits per heavy atom. The molecule has 0 spiro atoms. The van der Waals surface area contributed by atoms with Gasteiger partial charge in [-0.05, 0) is 283 Å². The van der Waals surface area contributed by atoms with Crippen LogP contribution < -0.4 is 42.0 Å². The van der Waals surface area contributed by atoms with Gasteiger partial charge in [0.25, 0.3) is 35.4 Å². The summed E-state index contributed by atoms with van der Waals surface area (Å²) in [7, 11) is 0. The maximum absolute atomic E-state index is 13.7. The third kappa shape index (κ3) is 29.2. The maximum atomic E-state index is 13.7. The van der Waals surface area contributed by atoms with Gasteiger partial charge < -0.3 is 42.0 Å². The van der Waals surface area contributed by atoms with Gasteiger partial charge in [0.1, 0.15) is 46.6 Å². The topological polar surface area (TPSA) is 406 Å². The van der Waals surface area contributed by atoms with E-state index in [0.29, 0.717) is 135 Å². The second-order valence-corrected chi connectivity index (χ2v) is 42.0. The SMILES string of the molecule is C=C(NCc1cccc(F)n1)c1snnc1C1CC1.Cc1cccc(Cl)c1CNC(=O)c1snnc1C1CC1.O=C(NCc1c(Cl)cccc1Oc1ccccc1)c1snnc1C1CC1.O=C(NCc1c(F)cccc1C(F)(F)F)c1snnc1C1CC1.O=C(NCc1cccc2ccccc12)c1snnc1C1CC1.O=C(NCc1ccccn1)c1snnc1C1CC1.[C-]#[N+]c1cccc(Cl)c1CNC(=O)c1snnc1C1CC1. The van der Waals surface area contributed by atoms with Gasteiger partial charge in [-0.25, -0.2) is 14.2 Å². The van der Waals surface area contributed by atoms with E-state index in [9.17, 15) is 50.7 Å². The Bertz CT molecular complexity index is 7470. The molecule has 0 aliphatic heterocycles. The smallest absolute Gasteiger partial charge is 0.416 e. The highest BCUT2D eigenvalue weighted by atomic mass is 35.5. The first kappa shape index (κ1) is 106. The van der Waals surface area contributed by atoms with Crippen molar-refractivity contribution >= 4 is 173 Å². The van der Waals surface area contributed by atoms with Crippen LogP contribution in [-0.4, -0.2) is 113 Å². The fourth-order valence-electron chi connectivity index (χ4n) is 15.3. The molecule has 7 N–H and O–H groups in total. The van der Waals surface area contributed by atoms with E-state index >= 15 is 0 Å². The number of aryl methyl sites for hydroxylation is 1. The van der Waals surface area contributed by atoms with Crippen molar-refractivity contribution in [1.29, 1.82) is 0 Å². The highest BCUT2D eigenvalue weighted by Gasteiger charge is 2.40. The van der Waals surface area contributed by atoms with Gasteiger partial charge in [0.15, 0.2) is 5.69 Å². The Balaban J connectivity index is 0.000000119. The highest BCUT2D eigenvalue weighted by molar-refractivity contribution is 7.09. The molecule has 0 saturated heterocycles. The molecule has 7 aromatic carbocycles. The molecule has 7 aliphatic carbocycles. The number of nitrogens with one attached hydrogen (secondary N) is 7. The Morgan fingerprint density at radius 3 is 1.19 bits per heavy atom. The average Bonchev–Trinajstić information content (AvgIpc) is 1.76. The number of hydrogen-bond acceptors (Lipinski definition) is 31. The van der Waals surface area contributed by atoms with Gasteiger partial charge in [0.05, 0.1) is 81.3 Å². The molecule has 764 valence electrons. The number of pyridine rings is 2. The molecule has 0 atom stereocenters. The van der Waals surface area contributed by atoms with E-state index < -0.39 is 41.5 Å². The van der Waals surface area contributed by atoms with Crippen LogP contribution >= 0.6 is 116 Å². The summed E-state index contributed by atoms with van der Waals surface area (Å²) in [5.74, 6) is 1.42. The lowest BCUT2D eigenvalue weighted by Crippen LogP contribution is -2.25. The number of ether oxygens (including phenoxy) is 1. The van der Waals surface area contributed by atoms with Crippen molar-refractivity contribution in [3.63, 3.8) is 0 Å². The number of fused-ring (bicyclic) bond motifs is 1. The summed E-state index contributed by atoms with van der Waals surface area (Å²) >= 11 is 26.6. The number of carbonyl (C=O) groups is 6. The van der Waals surface area contributed by atoms with Crippen molar-refractivity contribution in [2.24, 2.45) is 0 Å². The lowest BCUT2D eigenvalue weighted by atomic mass is 10.0. The van der Waals surface area contributed by atoms with Crippen LogP contribution in [0.1, 0.15) is 284 Å². The summed E-state index contributed by atoms with van der Waals surface area (Å²) in [5.41, 5.74) is 11.3. The monoisotopic (exact) mass is 2200 g/mol. The van der Waals surface area contributed by atoms with E-state index in [1.54, 1.807) is 42.6 Å². The molecule has 0 bridgehead atoms. The summed E-state index contributed by atoms with van der Waals surface area (Å²) in [5, 5.41) is 52.5. The number of alkyl halides is 3. The van der Waals surface area contributed by atoms with Gasteiger partial charge >= 0.3 is 6.18 Å². The fraction of sp³-hybridized carbons (Fsp3) is 0.291. The summed E-state index contributed by atoms with van der Waals surface area (Å²) in [4.78, 5) is 89.3. The van der Waals surface area contributed by atoms with Crippen molar-refractivity contribution < 1.29 is 55.5 Å². The molecule has 46 heteroatoms. The molecule has 9 heterocycles. The van der Waals surface area contributed by atoms with E-state index in [0.717, 1.165) is 214 Å². The van der Waals surface area contributed by atoms with E-state index in [-0.39, 0.29) is 53.4 Å². The Hall–Kier alpha value is -13.8. The van der Waals surface area contributed by atoms with Crippen LogP contribution in [0.5, 0.6) is 11.5 Å². The fourth-order valence-corrected chi connectivity index (χ4v) is 20.8. The van der Waals surface area contributed by atoms with E-state index in [2.05, 4.69) is 150 Å². The number of aromatic nitrogens is 16. The standard InChI is InChI=1S/C19H16ClN3O2S.C17H15N3OS.C14H11ClN4OS.C14H14ClN3OS.C14H11F4N3OS.C13H13FN4S.C12H12N4OS/c20-15-7-4-8-16(25-13-5-2-1-3-6-13)14(15)11-21-19(24)18-17(12-9-10-12)22-23-26-18;21-17(16-15(12-8-9-12)19-20-22-16)18-10-13-6-3-5-11-4-1-2-7-14(11)13;1-16-11-4-2-3-10(15)9(11)7-17-14(20)13-12(8-5-6-8)18-19-21-13;1-8-3-2-4-11(15)10(8)7-16-14(19)13-12(9-5-6-9)17-18-20-13;15-10-3-1-2-9(14(16,17)18)8(10)6-19-13(22)12-11(7-4-5-7)20-21-23-12;1-8(13-12(9-5-6-9)17-18-19-13)15-7-10-3-2-4-11(14)16-10;17-12(14-7-9-3-1-2-6-13-9)11-10(8-4-5-8)15-16-18-11/h1-8,12H,9-11H2,(H,21,24);1-7,12H,8-10H2,(H,18,21);2-4,8H,5-7H2,(H,17,20);2-4,9H,5-7H2,1H3,(H,16,19);1-3,7H,4-6H2,(H,19,22);2-4,9,15H,1,5-7H2;1-3,6,8H,4-5,7H2,(H,14,17). The number of benzene rings is 7. The molecule has 31 nitrogen and oxygen atoms in total. The zero-order valence-corrected chi connectivity index (χ0v) is 87.3. The van der Waals surface area contributed by atoms with Crippen molar-refractivity contribution in [1.82, 2.24) is 114 Å². The summed E-state index contributed by atoms with van der Waals surface area (Å²) in [6.45, 7) is 14.9. The number of hydrogen-bond donors (Lipinski definition) is 7. The van der Waals surface area contributed by atoms with Gasteiger partial charge in [-0.3, -0.25) is 33.8 Å². The Morgan fingerprint density at radius 1 is 0.383 bits per heavy atom. The summed E-state index contributed by atoms with van der Waals surface area (Å²) in [6, 6.07) is 53.2. The van der Waals surface area contributed by atoms with Crippen LogP contribution in [0.15, 0.2) is 195 Å². The molecule has 9 aromatic heterocycles. The molecule has 149 heavy (non-hydrogen) atoms. The van der Waals surface area contributed by atoms with E-state index in [4.69, 9.17) is 46.1 Å². The minimum atomic E-state index is -4.69. The lowest BCUT2D eigenvalue weighted by Gasteiger charge is -2.14. The quantitative estimate of drug-likeness (QED) is 0.0120. The number of para-hydroxylation sites is 1.